The fourth-order valence-electron chi connectivity index (χ4n) is 1.51. The van der Waals surface area contributed by atoms with E-state index >= 15 is 0 Å². The van der Waals surface area contributed by atoms with Gasteiger partial charge in [-0.2, -0.15) is 10.4 Å². The lowest BCUT2D eigenvalue weighted by atomic mass is 10.2. The maximum absolute atomic E-state index is 11.4. The highest BCUT2D eigenvalue weighted by molar-refractivity contribution is 5.52. The zero-order valence-electron chi connectivity index (χ0n) is 8.48. The first-order valence-corrected chi connectivity index (χ1v) is 4.64. The van der Waals surface area contributed by atoms with Crippen LogP contribution in [0.5, 0.6) is 0 Å². The van der Waals surface area contributed by atoms with Crippen molar-refractivity contribution in [3.8, 4) is 6.07 Å². The Morgan fingerprint density at radius 1 is 1.60 bits per heavy atom. The van der Waals surface area contributed by atoms with E-state index in [1.165, 1.54) is 0 Å². The second kappa shape index (κ2) is 3.24. The zero-order valence-corrected chi connectivity index (χ0v) is 8.48. The average molecular weight is 202 g/mol. The topological polar surface area (TPSA) is 73.9 Å². The van der Waals surface area contributed by atoms with Gasteiger partial charge in [0, 0.05) is 12.1 Å². The molecule has 0 amide bonds. The second-order valence-corrected chi connectivity index (χ2v) is 3.66. The van der Waals surface area contributed by atoms with Gasteiger partial charge >= 0.3 is 0 Å². The van der Waals surface area contributed by atoms with Gasteiger partial charge in [-0.05, 0) is 6.07 Å². The summed E-state index contributed by atoms with van der Waals surface area (Å²) in [5, 5.41) is 15.2. The van der Waals surface area contributed by atoms with Crippen LogP contribution in [-0.4, -0.2) is 14.6 Å². The van der Waals surface area contributed by atoms with Gasteiger partial charge in [-0.15, -0.1) is 0 Å². The van der Waals surface area contributed by atoms with Crippen LogP contribution in [0.15, 0.2) is 17.1 Å². The Morgan fingerprint density at radius 2 is 2.33 bits per heavy atom. The Bertz CT molecular complexity index is 600. The fraction of sp³-hybridized carbons (Fsp3) is 0.300. The maximum Gasteiger partial charge on any atom is 0.288 e. The van der Waals surface area contributed by atoms with Crippen molar-refractivity contribution in [2.45, 2.75) is 19.8 Å². The third kappa shape index (κ3) is 1.40. The van der Waals surface area contributed by atoms with Crippen LogP contribution in [0.1, 0.15) is 31.2 Å². The molecule has 0 radical (unpaired) electrons. The smallest absolute Gasteiger partial charge is 0.288 e. The van der Waals surface area contributed by atoms with Crippen molar-refractivity contribution in [3.63, 3.8) is 0 Å². The molecule has 15 heavy (non-hydrogen) atoms. The number of nitriles is 1. The van der Waals surface area contributed by atoms with E-state index < -0.39 is 0 Å². The molecule has 5 heteroatoms. The van der Waals surface area contributed by atoms with Gasteiger partial charge in [0.25, 0.3) is 5.56 Å². The molecule has 0 aliphatic rings. The average Bonchev–Trinajstić information content (AvgIpc) is 2.62. The minimum absolute atomic E-state index is 0.184. The molecule has 0 spiro atoms. The van der Waals surface area contributed by atoms with Crippen molar-refractivity contribution in [3.05, 3.63) is 34.0 Å². The highest BCUT2D eigenvalue weighted by atomic mass is 16.1. The summed E-state index contributed by atoms with van der Waals surface area (Å²) in [5.74, 6) is 0.925. The van der Waals surface area contributed by atoms with Crippen molar-refractivity contribution in [2.75, 3.05) is 0 Å². The number of nitrogens with one attached hydrogen (secondary N) is 1. The van der Waals surface area contributed by atoms with Crippen LogP contribution in [-0.2, 0) is 0 Å². The van der Waals surface area contributed by atoms with Crippen LogP contribution in [0.4, 0.5) is 0 Å². The van der Waals surface area contributed by atoms with Crippen LogP contribution in [0.2, 0.25) is 0 Å². The minimum atomic E-state index is -0.277. The summed E-state index contributed by atoms with van der Waals surface area (Å²) < 4.78 is 1.67. The summed E-state index contributed by atoms with van der Waals surface area (Å²) in [4.78, 5) is 11.4. The van der Waals surface area contributed by atoms with E-state index in [0.29, 0.717) is 11.1 Å². The number of aromatic amines is 1. The number of hydrogen-bond donors (Lipinski definition) is 1. The molecule has 5 nitrogen and oxygen atoms in total. The van der Waals surface area contributed by atoms with Gasteiger partial charge in [0.05, 0.1) is 5.56 Å². The highest BCUT2D eigenvalue weighted by Crippen LogP contribution is 2.13. The maximum atomic E-state index is 11.4. The monoisotopic (exact) mass is 202 g/mol. The molecular weight excluding hydrogens is 192 g/mol. The summed E-state index contributed by atoms with van der Waals surface area (Å²) in [5.41, 5.74) is 0.654. The Balaban J connectivity index is 2.87. The molecule has 0 saturated heterocycles. The lowest BCUT2D eigenvalue weighted by molar-refractivity contribution is 0.711. The molecule has 0 saturated carbocycles. The lowest BCUT2D eigenvalue weighted by Gasteiger charge is -2.06. The van der Waals surface area contributed by atoms with Crippen LogP contribution >= 0.6 is 0 Å². The number of H-pyrrole nitrogens is 1. The quantitative estimate of drug-likeness (QED) is 0.750. The van der Waals surface area contributed by atoms with E-state index in [1.807, 2.05) is 19.9 Å². The Labute approximate surface area is 86.0 Å². The number of aromatic nitrogens is 3. The van der Waals surface area contributed by atoms with E-state index in [4.69, 9.17) is 5.26 Å². The van der Waals surface area contributed by atoms with Gasteiger partial charge in [-0.25, -0.2) is 5.10 Å². The summed E-state index contributed by atoms with van der Waals surface area (Å²) in [6.07, 6.45) is 1.63. The third-order valence-electron chi connectivity index (χ3n) is 2.22. The molecule has 2 rings (SSSR count). The molecule has 0 aliphatic carbocycles. The normalized spacial score (nSPS) is 10.8. The molecular formula is C10H10N4O. The first-order valence-electron chi connectivity index (χ1n) is 4.64. The fourth-order valence-corrected chi connectivity index (χ4v) is 1.51. The van der Waals surface area contributed by atoms with Crippen LogP contribution in [0, 0.1) is 11.3 Å². The molecule has 0 aliphatic heterocycles. The second-order valence-electron chi connectivity index (χ2n) is 3.66. The predicted molar refractivity (Wildman–Crippen MR) is 54.6 cm³/mol. The van der Waals surface area contributed by atoms with Gasteiger partial charge in [-0.3, -0.25) is 9.20 Å². The molecule has 1 N–H and O–H groups in total. The molecule has 2 aromatic heterocycles. The van der Waals surface area contributed by atoms with E-state index in [0.717, 1.165) is 5.82 Å². The molecule has 0 aromatic carbocycles. The highest BCUT2D eigenvalue weighted by Gasteiger charge is 2.10. The van der Waals surface area contributed by atoms with E-state index in [9.17, 15) is 4.79 Å². The lowest BCUT2D eigenvalue weighted by Crippen LogP contribution is -2.15. The van der Waals surface area contributed by atoms with Gasteiger partial charge < -0.3 is 0 Å². The molecule has 0 fully saturated rings. The summed E-state index contributed by atoms with van der Waals surface area (Å²) in [7, 11) is 0. The van der Waals surface area contributed by atoms with Crippen molar-refractivity contribution in [1.29, 1.82) is 5.26 Å². The van der Waals surface area contributed by atoms with Crippen molar-refractivity contribution in [2.24, 2.45) is 0 Å². The van der Waals surface area contributed by atoms with Gasteiger partial charge in [0.1, 0.15) is 17.4 Å². The predicted octanol–water partition coefficient (Wildman–Crippen LogP) is 1.02. The standard InChI is InChI=1S/C10H10N4O/c1-6(2)9-12-13-10(15)8-3-7(4-11)5-14(8)9/h3,5-6H,1-2H3,(H,13,15). The van der Waals surface area contributed by atoms with Crippen LogP contribution < -0.4 is 5.56 Å². The van der Waals surface area contributed by atoms with Crippen LogP contribution in [0.25, 0.3) is 5.52 Å². The largest absolute Gasteiger partial charge is 0.297 e. The minimum Gasteiger partial charge on any atom is -0.297 e. The first-order chi connectivity index (χ1) is 7.13. The summed E-state index contributed by atoms with van der Waals surface area (Å²) in [6.45, 7) is 3.96. The van der Waals surface area contributed by atoms with Crippen molar-refractivity contribution >= 4 is 5.52 Å². The number of hydrogen-bond acceptors (Lipinski definition) is 3. The molecule has 0 atom stereocenters. The molecule has 2 heterocycles. The number of fused-ring (bicyclic) bond motifs is 1. The summed E-state index contributed by atoms with van der Waals surface area (Å²) in [6, 6.07) is 3.57. The number of rotatable bonds is 1. The first kappa shape index (κ1) is 9.46. The number of nitrogens with zero attached hydrogens (tertiary/aromatic N) is 3. The van der Waals surface area contributed by atoms with Gasteiger partial charge in [-0.1, -0.05) is 13.8 Å². The van der Waals surface area contributed by atoms with E-state index in [2.05, 4.69) is 10.2 Å². The Morgan fingerprint density at radius 3 is 2.93 bits per heavy atom. The van der Waals surface area contributed by atoms with E-state index in [-0.39, 0.29) is 11.5 Å². The summed E-state index contributed by atoms with van der Waals surface area (Å²) >= 11 is 0. The molecule has 76 valence electrons. The molecule has 0 bridgehead atoms. The molecule has 0 unspecified atom stereocenters. The zero-order chi connectivity index (χ0) is 11.0. The van der Waals surface area contributed by atoms with Gasteiger partial charge in [0.2, 0.25) is 0 Å². The Hall–Kier alpha value is -2.09. The third-order valence-corrected chi connectivity index (χ3v) is 2.22. The Kier molecular flexibility index (Phi) is 2.05. The van der Waals surface area contributed by atoms with E-state index in [1.54, 1.807) is 16.7 Å². The SMILES string of the molecule is CC(C)c1n[nH]c(=O)c2cc(C#N)cn12. The van der Waals surface area contributed by atoms with Crippen LogP contribution in [0.3, 0.4) is 0 Å². The molecule has 2 aromatic rings. The van der Waals surface area contributed by atoms with Crippen molar-refractivity contribution in [1.82, 2.24) is 14.6 Å². The van der Waals surface area contributed by atoms with Gasteiger partial charge in [0.15, 0.2) is 0 Å². The van der Waals surface area contributed by atoms with Crippen molar-refractivity contribution < 1.29 is 0 Å².